The van der Waals surface area contributed by atoms with Crippen molar-refractivity contribution >= 4 is 30.0 Å². The third-order valence-electron chi connectivity index (χ3n) is 3.76. The van der Waals surface area contributed by atoms with Crippen LogP contribution in [-0.2, 0) is 17.0 Å². The number of hydrogen-bond donors (Lipinski definition) is 2. The van der Waals surface area contributed by atoms with Gasteiger partial charge in [0.2, 0.25) is 0 Å². The van der Waals surface area contributed by atoms with E-state index >= 15 is 0 Å². The third-order valence-corrected chi connectivity index (χ3v) is 3.76. The first-order chi connectivity index (χ1) is 14.4. The van der Waals surface area contributed by atoms with Gasteiger partial charge < -0.3 is 10.2 Å². The van der Waals surface area contributed by atoms with E-state index in [1.165, 1.54) is 0 Å². The first-order valence-corrected chi connectivity index (χ1v) is 12.4. The van der Waals surface area contributed by atoms with Crippen molar-refractivity contribution in [3.8, 4) is 0 Å². The van der Waals surface area contributed by atoms with Crippen molar-refractivity contribution in [1.29, 1.82) is 0 Å². The Hall–Kier alpha value is -0.286. The quantitative estimate of drug-likeness (QED) is 0.171. The molecule has 0 amide bonds. The van der Waals surface area contributed by atoms with Crippen LogP contribution in [0.15, 0.2) is 9.98 Å². The summed E-state index contributed by atoms with van der Waals surface area (Å²) in [6, 6.07) is 0. The molecule has 33 heavy (non-hydrogen) atoms. The molecule has 2 N–H and O–H groups in total. The van der Waals surface area contributed by atoms with Crippen molar-refractivity contribution in [3.05, 3.63) is 0 Å². The van der Waals surface area contributed by atoms with Crippen LogP contribution in [0.4, 0.5) is 52.7 Å². The standard InChI is InChI=1S/C14H16F12N2O2.2ClH.Ti/c1-7(5-9(29,11(15,16)17)12(18,19)20)27-3-4-28-8(2)6-10(30,13(21,22)23)14(24,25)26;;;/h29-30H,3-6H2,1-2H3;2*1H;/q;;;+2/p-2. The normalized spacial score (nSPS) is 15.2. The number of aliphatic hydroxyl groups is 2. The monoisotopic (exact) mass is 590 g/mol. The number of hydrogen-bond acceptors (Lipinski definition) is 4. The molecule has 0 spiro atoms. The number of alkyl halides is 12. The van der Waals surface area contributed by atoms with Crippen molar-refractivity contribution in [2.24, 2.45) is 9.98 Å². The average Bonchev–Trinajstić information content (AvgIpc) is 2.55. The van der Waals surface area contributed by atoms with Gasteiger partial charge in [-0.3, -0.25) is 9.98 Å². The molecular formula is C14H16Cl2F12N2O2Ti. The van der Waals surface area contributed by atoms with Crippen LogP contribution in [0, 0.1) is 0 Å². The molecule has 0 heterocycles. The predicted octanol–water partition coefficient (Wildman–Crippen LogP) is 5.78. The number of rotatable bonds is 7. The third kappa shape index (κ3) is 10.1. The van der Waals surface area contributed by atoms with Crippen molar-refractivity contribution in [2.75, 3.05) is 13.1 Å². The zero-order valence-corrected chi connectivity index (χ0v) is 19.5. The Morgan fingerprint density at radius 1 is 0.606 bits per heavy atom. The Morgan fingerprint density at radius 2 is 0.788 bits per heavy atom. The Bertz CT molecular complexity index is 591. The van der Waals surface area contributed by atoms with Crippen molar-refractivity contribution in [2.45, 2.75) is 62.6 Å². The minimum atomic E-state index is -6.09. The van der Waals surface area contributed by atoms with Gasteiger partial charge in [-0.2, -0.15) is 52.7 Å². The maximum atomic E-state index is 12.6. The van der Waals surface area contributed by atoms with Gasteiger partial charge >= 0.3 is 60.3 Å². The summed E-state index contributed by atoms with van der Waals surface area (Å²) in [6.45, 7) is -0.00693. The molecule has 0 rings (SSSR count). The van der Waals surface area contributed by atoms with E-state index < -0.39 is 90.3 Å². The fourth-order valence-electron chi connectivity index (χ4n) is 2.06. The van der Waals surface area contributed by atoms with E-state index in [2.05, 4.69) is 9.98 Å². The topological polar surface area (TPSA) is 65.2 Å². The van der Waals surface area contributed by atoms with Gasteiger partial charge in [0.1, 0.15) is 0 Å². The van der Waals surface area contributed by atoms with Crippen molar-refractivity contribution < 1.29 is 79.9 Å². The molecule has 0 aliphatic carbocycles. The van der Waals surface area contributed by atoms with Gasteiger partial charge in [0, 0.05) is 24.3 Å². The number of nitrogens with zero attached hydrogens (tertiary/aromatic N) is 2. The van der Waals surface area contributed by atoms with Gasteiger partial charge in [-0.25, -0.2) is 0 Å². The predicted molar refractivity (Wildman–Crippen MR) is 91.0 cm³/mol. The van der Waals surface area contributed by atoms with Crippen LogP contribution in [0.5, 0.6) is 0 Å². The van der Waals surface area contributed by atoms with Gasteiger partial charge in [0.25, 0.3) is 11.2 Å². The number of halogens is 14. The molecule has 19 heteroatoms. The number of aliphatic imine (C=N–C) groups is 2. The van der Waals surface area contributed by atoms with Crippen LogP contribution in [0.3, 0.4) is 0 Å². The molecular weight excluding hydrogens is 575 g/mol. The molecule has 0 fully saturated rings. The second kappa shape index (κ2) is 12.6. The summed E-state index contributed by atoms with van der Waals surface area (Å²) in [6.07, 6.45) is -28.3. The second-order valence-electron chi connectivity index (χ2n) is 6.37. The second-order valence-corrected chi connectivity index (χ2v) is 8.95. The first kappa shape index (κ1) is 34.9. The molecule has 0 aliphatic rings. The van der Waals surface area contributed by atoms with Crippen LogP contribution in [0.1, 0.15) is 26.7 Å². The van der Waals surface area contributed by atoms with Crippen LogP contribution < -0.4 is 0 Å². The van der Waals surface area contributed by atoms with E-state index in [9.17, 15) is 52.7 Å². The Kier molecular flexibility index (Phi) is 13.3. The molecule has 0 saturated heterocycles. The fraction of sp³-hybridized carbons (Fsp3) is 0.857. The molecule has 4 nitrogen and oxygen atoms in total. The van der Waals surface area contributed by atoms with E-state index in [4.69, 9.17) is 28.8 Å². The Labute approximate surface area is 195 Å². The van der Waals surface area contributed by atoms with Crippen LogP contribution in [-0.4, -0.2) is 70.6 Å². The zero-order valence-electron chi connectivity index (χ0n) is 16.4. The maximum absolute atomic E-state index is 12.6. The minimum absolute atomic E-state index is 0.556. The van der Waals surface area contributed by atoms with Gasteiger partial charge in [-0.05, 0) is 13.8 Å². The molecule has 0 radical (unpaired) electrons. The van der Waals surface area contributed by atoms with Gasteiger partial charge in [0.05, 0.1) is 13.1 Å². The summed E-state index contributed by atoms with van der Waals surface area (Å²) >= 11 is -0.556. The van der Waals surface area contributed by atoms with E-state index in [1.54, 1.807) is 0 Å². The molecule has 196 valence electrons. The summed E-state index contributed by atoms with van der Waals surface area (Å²) in [4.78, 5) is 6.49. The first-order valence-electron chi connectivity index (χ1n) is 8.09. The van der Waals surface area contributed by atoms with Crippen LogP contribution in [0.25, 0.3) is 0 Å². The average molecular weight is 591 g/mol. The molecule has 0 aliphatic heterocycles. The SMILES string of the molecule is CC(CC(O)(C(F)(F)F)C(F)(F)F)=NCCN=C(C)CC(O)(C(F)(F)F)C(F)(F)F.[Cl][Ti][Cl]. The van der Waals surface area contributed by atoms with Gasteiger partial charge in [-0.15, -0.1) is 0 Å². The van der Waals surface area contributed by atoms with Gasteiger partial charge in [-0.1, -0.05) is 0 Å². The molecule has 0 aromatic rings. The molecule has 0 saturated carbocycles. The van der Waals surface area contributed by atoms with E-state index in [0.717, 1.165) is 0 Å². The summed E-state index contributed by atoms with van der Waals surface area (Å²) in [7, 11) is 9.78. The van der Waals surface area contributed by atoms with E-state index in [1.807, 2.05) is 0 Å². The van der Waals surface area contributed by atoms with Crippen LogP contribution >= 0.6 is 18.6 Å². The zero-order chi connectivity index (χ0) is 27.1. The summed E-state index contributed by atoms with van der Waals surface area (Å²) in [5.74, 6) is 0. The fourth-order valence-corrected chi connectivity index (χ4v) is 2.06. The summed E-state index contributed by atoms with van der Waals surface area (Å²) in [5, 5.41) is 18.0. The molecule has 0 unspecified atom stereocenters. The Morgan fingerprint density at radius 3 is 0.939 bits per heavy atom. The van der Waals surface area contributed by atoms with Crippen molar-refractivity contribution in [3.63, 3.8) is 0 Å². The summed E-state index contributed by atoms with van der Waals surface area (Å²) < 4.78 is 151. The van der Waals surface area contributed by atoms with E-state index in [0.29, 0.717) is 13.8 Å². The molecule has 0 aromatic heterocycles. The molecule has 0 atom stereocenters. The van der Waals surface area contributed by atoms with E-state index in [-0.39, 0.29) is 0 Å². The van der Waals surface area contributed by atoms with Crippen LogP contribution in [0.2, 0.25) is 0 Å². The van der Waals surface area contributed by atoms with Crippen molar-refractivity contribution in [1.82, 2.24) is 0 Å². The summed E-state index contributed by atoms with van der Waals surface area (Å²) in [5.41, 5.74) is -11.9. The molecule has 0 bridgehead atoms. The molecule has 0 aromatic carbocycles. The Balaban J connectivity index is 0. The van der Waals surface area contributed by atoms with Gasteiger partial charge in [0.15, 0.2) is 0 Å².